The number of aryl methyl sites for hydroxylation is 1. The molecule has 9 heteroatoms. The Balaban J connectivity index is 0.00000138. The van der Waals surface area contributed by atoms with Crippen LogP contribution in [0.3, 0.4) is 0 Å². The lowest BCUT2D eigenvalue weighted by Gasteiger charge is -2.64. The molecular formula is C46H60N4O5. The van der Waals surface area contributed by atoms with Crippen LogP contribution in [-0.2, 0) is 36.4 Å². The van der Waals surface area contributed by atoms with Crippen LogP contribution in [0.2, 0.25) is 0 Å². The first-order valence-electron chi connectivity index (χ1n) is 20.7. The topological polar surface area (TPSA) is 106 Å². The predicted octanol–water partition coefficient (Wildman–Crippen LogP) is 6.68. The van der Waals surface area contributed by atoms with Crippen molar-refractivity contribution in [3.63, 3.8) is 0 Å². The molecule has 55 heavy (non-hydrogen) atoms. The van der Waals surface area contributed by atoms with Gasteiger partial charge >= 0.3 is 12.1 Å². The first-order chi connectivity index (χ1) is 26.1. The molecule has 0 amide bonds. The van der Waals surface area contributed by atoms with Crippen molar-refractivity contribution >= 4 is 28.7 Å². The molecule has 2 unspecified atom stereocenters. The molecule has 10 atom stereocenters. The van der Waals surface area contributed by atoms with Gasteiger partial charge in [-0.1, -0.05) is 57.2 Å². The number of aliphatic hydroxyl groups is 1. The van der Waals surface area contributed by atoms with E-state index < -0.39 is 17.1 Å². The number of rotatable bonds is 4. The van der Waals surface area contributed by atoms with Crippen LogP contribution >= 0.6 is 0 Å². The summed E-state index contributed by atoms with van der Waals surface area (Å²) in [6.07, 6.45) is 10.5. The molecular weight excluding hydrogens is 689 g/mol. The minimum Gasteiger partial charge on any atom is -0.458 e. The molecule has 294 valence electrons. The Morgan fingerprint density at radius 3 is 2.49 bits per heavy atom. The number of aromatic amines is 1. The average molecular weight is 749 g/mol. The van der Waals surface area contributed by atoms with Crippen LogP contribution in [0.5, 0.6) is 0 Å². The van der Waals surface area contributed by atoms with E-state index in [1.807, 2.05) is 6.92 Å². The second-order valence-electron chi connectivity index (χ2n) is 18.8. The number of likely N-dealkylation sites (N-methyl/N-ethyl adjacent to an activating group) is 1. The molecule has 5 aliphatic heterocycles. The number of nitrogens with zero attached hydrogens (tertiary/aromatic N) is 3. The van der Waals surface area contributed by atoms with Gasteiger partial charge in [-0.05, 0) is 112 Å². The molecule has 3 aromatic rings. The molecule has 2 N–H and O–H groups in total. The number of benzene rings is 2. The third kappa shape index (κ3) is 5.32. The summed E-state index contributed by atoms with van der Waals surface area (Å²) in [5.74, 6) is 0.258. The van der Waals surface area contributed by atoms with Crippen molar-refractivity contribution < 1.29 is 24.2 Å². The minimum atomic E-state index is -1.28. The maximum atomic E-state index is 13.0. The van der Waals surface area contributed by atoms with E-state index in [9.17, 15) is 9.90 Å². The minimum absolute atomic E-state index is 0.109. The standard InChI is InChI=1S/C45H60N4O3.CO2/c1-9-41(5)24-30-25-42(6,37-32(16-20-48(26-30)27-41)31-14-11-12-15-35(31)46-37)33-23-34-36(22-28(33)3)47(8)38-43(7,51)40(52-29(4)50)44(10-2)17-13-19-49-21-18-45(34,38)39(44)49;2-1-3/h11-15,17,22-23,30,38-40,46,51H,9-10,16,18-21,24-27H2,1-8H3;/t30-,38+,39+,40+,41?,42-,43-,44-,45+;/m1./s1. The number of H-pyrrole nitrogens is 1. The fraction of sp³-hybridized carbons (Fsp3) is 0.609. The van der Waals surface area contributed by atoms with Crippen LogP contribution in [0.4, 0.5) is 5.69 Å². The second-order valence-corrected chi connectivity index (χ2v) is 18.8. The molecule has 1 aliphatic carbocycles. The predicted molar refractivity (Wildman–Crippen MR) is 214 cm³/mol. The first kappa shape index (κ1) is 38.1. The lowest BCUT2D eigenvalue weighted by Crippen LogP contribution is -2.78. The molecule has 6 aliphatic rings. The molecule has 3 fully saturated rings. The van der Waals surface area contributed by atoms with Crippen molar-refractivity contribution in [2.24, 2.45) is 16.7 Å². The largest absolute Gasteiger partial charge is 0.458 e. The van der Waals surface area contributed by atoms with E-state index in [0.717, 1.165) is 51.9 Å². The third-order valence-corrected chi connectivity index (χ3v) is 15.6. The number of anilines is 1. The van der Waals surface area contributed by atoms with E-state index in [-0.39, 0.29) is 35.0 Å². The number of hydrogen-bond donors (Lipinski definition) is 2. The molecule has 2 saturated heterocycles. The Hall–Kier alpha value is -3.75. The van der Waals surface area contributed by atoms with Gasteiger partial charge in [-0.15, -0.1) is 0 Å². The number of carbonyl (C=O) groups excluding carboxylic acids is 3. The van der Waals surface area contributed by atoms with Crippen molar-refractivity contribution in [1.29, 1.82) is 0 Å². The summed E-state index contributed by atoms with van der Waals surface area (Å²) in [7, 11) is 2.18. The van der Waals surface area contributed by atoms with E-state index in [1.165, 1.54) is 70.8 Å². The zero-order chi connectivity index (χ0) is 39.3. The Morgan fingerprint density at radius 1 is 1.04 bits per heavy atom. The molecule has 2 aromatic carbocycles. The van der Waals surface area contributed by atoms with E-state index in [4.69, 9.17) is 14.3 Å². The molecule has 1 spiro atoms. The molecule has 6 heterocycles. The van der Waals surface area contributed by atoms with Gasteiger partial charge < -0.3 is 24.6 Å². The highest BCUT2D eigenvalue weighted by atomic mass is 16.6. The molecule has 1 aromatic heterocycles. The number of aromatic nitrogens is 1. The number of hydrogen-bond acceptors (Lipinski definition) is 8. The molecule has 2 bridgehead atoms. The monoisotopic (exact) mass is 748 g/mol. The van der Waals surface area contributed by atoms with Crippen LogP contribution < -0.4 is 4.90 Å². The zero-order valence-electron chi connectivity index (χ0n) is 34.1. The van der Waals surface area contributed by atoms with Gasteiger partial charge in [-0.25, -0.2) is 0 Å². The lowest BCUT2D eigenvalue weighted by atomic mass is 9.48. The van der Waals surface area contributed by atoms with Crippen LogP contribution in [0.15, 0.2) is 48.6 Å². The number of piperidine rings is 1. The van der Waals surface area contributed by atoms with Gasteiger partial charge in [0.2, 0.25) is 0 Å². The molecule has 9 nitrogen and oxygen atoms in total. The van der Waals surface area contributed by atoms with Crippen LogP contribution in [0.25, 0.3) is 10.9 Å². The van der Waals surface area contributed by atoms with Gasteiger partial charge in [0.15, 0.2) is 0 Å². The van der Waals surface area contributed by atoms with Crippen molar-refractivity contribution in [1.82, 2.24) is 14.8 Å². The van der Waals surface area contributed by atoms with Crippen molar-refractivity contribution in [3.05, 3.63) is 76.5 Å². The number of nitrogens with one attached hydrogen (secondary N) is 1. The lowest BCUT2D eigenvalue weighted by molar-refractivity contribution is -0.213. The third-order valence-electron chi connectivity index (χ3n) is 15.6. The molecule has 0 radical (unpaired) electrons. The summed E-state index contributed by atoms with van der Waals surface area (Å²) >= 11 is 0. The fourth-order valence-corrected chi connectivity index (χ4v) is 13.8. The Bertz CT molecular complexity index is 2080. The number of esters is 1. The summed E-state index contributed by atoms with van der Waals surface area (Å²) in [6.45, 7) is 20.7. The van der Waals surface area contributed by atoms with Crippen molar-refractivity contribution in [2.75, 3.05) is 44.7 Å². The average Bonchev–Trinajstić information content (AvgIpc) is 3.80. The highest BCUT2D eigenvalue weighted by molar-refractivity contribution is 5.86. The van der Waals surface area contributed by atoms with Gasteiger partial charge in [-0.2, -0.15) is 9.59 Å². The van der Waals surface area contributed by atoms with Gasteiger partial charge in [0.1, 0.15) is 11.7 Å². The maximum absolute atomic E-state index is 13.0. The Morgan fingerprint density at radius 2 is 1.78 bits per heavy atom. The van der Waals surface area contributed by atoms with E-state index in [1.54, 1.807) is 0 Å². The molecule has 9 rings (SSSR count). The highest BCUT2D eigenvalue weighted by Crippen LogP contribution is 2.67. The fourth-order valence-electron chi connectivity index (χ4n) is 13.8. The van der Waals surface area contributed by atoms with Crippen molar-refractivity contribution in [2.45, 2.75) is 122 Å². The molecule has 1 saturated carbocycles. The van der Waals surface area contributed by atoms with Gasteiger partial charge in [0.25, 0.3) is 0 Å². The summed E-state index contributed by atoms with van der Waals surface area (Å²) in [5.41, 5.74) is 7.44. The van der Waals surface area contributed by atoms with Gasteiger partial charge in [0.05, 0.1) is 6.04 Å². The SMILES string of the molecule is CCC1(C)C[C@H]2CN(CCc3c([nH]c4ccccc34)[C@@](C)(c3cc4c(cc3C)N(C)[C@H]3[C@@](C)(O)[C@H](OC(C)=O)[C@]5(CC)C=CCN6CC[C@]43[C@@H]65)C2)C1.O=C=O. The summed E-state index contributed by atoms with van der Waals surface area (Å²) < 4.78 is 6.27. The summed E-state index contributed by atoms with van der Waals surface area (Å²) in [4.78, 5) is 40.9. The zero-order valence-corrected chi connectivity index (χ0v) is 34.1. The quantitative estimate of drug-likeness (QED) is 0.225. The summed E-state index contributed by atoms with van der Waals surface area (Å²) in [6, 6.07) is 13.9. The number of carbonyl (C=O) groups is 1. The maximum Gasteiger partial charge on any atom is 0.373 e. The first-order valence-corrected chi connectivity index (χ1v) is 20.7. The Labute approximate surface area is 326 Å². The smallest absolute Gasteiger partial charge is 0.373 e. The number of para-hydroxylation sites is 1. The van der Waals surface area contributed by atoms with Crippen molar-refractivity contribution in [3.8, 4) is 0 Å². The highest BCUT2D eigenvalue weighted by Gasteiger charge is 2.76. The summed E-state index contributed by atoms with van der Waals surface area (Å²) in [5, 5.41) is 14.3. The van der Waals surface area contributed by atoms with Gasteiger partial charge in [-0.3, -0.25) is 9.69 Å². The normalized spacial score (nSPS) is 38.6. The van der Waals surface area contributed by atoms with E-state index in [2.05, 4.69) is 110 Å². The number of fused-ring (bicyclic) bond motifs is 6. The van der Waals surface area contributed by atoms with E-state index >= 15 is 0 Å². The van der Waals surface area contributed by atoms with Crippen LogP contribution in [0.1, 0.15) is 102 Å². The van der Waals surface area contributed by atoms with E-state index in [0.29, 0.717) is 11.3 Å². The van der Waals surface area contributed by atoms with Crippen LogP contribution in [0, 0.1) is 23.7 Å². The number of ether oxygens (including phenoxy) is 1. The Kier molecular flexibility index (Phi) is 9.12. The van der Waals surface area contributed by atoms with Gasteiger partial charge in [0, 0.05) is 84.7 Å². The van der Waals surface area contributed by atoms with Crippen LogP contribution in [-0.4, -0.2) is 95.6 Å². The second kappa shape index (κ2) is 13.2.